The Bertz CT molecular complexity index is 139. The molecule has 11 heavy (non-hydrogen) atoms. The van der Waals surface area contributed by atoms with Crippen molar-refractivity contribution in [3.63, 3.8) is 0 Å². The lowest BCUT2D eigenvalue weighted by molar-refractivity contribution is -0.133. The van der Waals surface area contributed by atoms with Crippen LogP contribution in [0.5, 0.6) is 0 Å². The Balaban J connectivity index is 2.52. The monoisotopic (exact) mass is 174 g/mol. The van der Waals surface area contributed by atoms with Crippen molar-refractivity contribution in [1.82, 2.24) is 0 Å². The van der Waals surface area contributed by atoms with Gasteiger partial charge in [-0.15, -0.1) is 0 Å². The Morgan fingerprint density at radius 3 is 2.73 bits per heavy atom. The Labute approximate surface area is 71.7 Å². The van der Waals surface area contributed by atoms with Crippen LogP contribution in [-0.2, 0) is 9.53 Å². The van der Waals surface area contributed by atoms with Crippen molar-refractivity contribution >= 4 is 18.0 Å². The second-order valence-electron chi connectivity index (χ2n) is 3.15. The van der Waals surface area contributed by atoms with Gasteiger partial charge in [0, 0.05) is 5.75 Å². The van der Waals surface area contributed by atoms with Crippen molar-refractivity contribution in [2.75, 3.05) is 11.5 Å². The molecule has 1 aliphatic heterocycles. The number of thioether (sulfide) groups is 1. The second-order valence-corrected chi connectivity index (χ2v) is 4.26. The summed E-state index contributed by atoms with van der Waals surface area (Å²) in [4.78, 5) is 10.7. The molecule has 1 atom stereocenters. The van der Waals surface area contributed by atoms with E-state index in [1.54, 1.807) is 11.8 Å². The van der Waals surface area contributed by atoms with E-state index in [0.717, 1.165) is 24.2 Å². The van der Waals surface area contributed by atoms with Crippen LogP contribution < -0.4 is 0 Å². The molecule has 0 saturated carbocycles. The van der Waals surface area contributed by atoms with Crippen molar-refractivity contribution in [3.8, 4) is 0 Å². The highest BCUT2D eigenvalue weighted by molar-refractivity contribution is 7.99. The molecule has 0 N–H and O–H groups in total. The molecule has 1 fully saturated rings. The molecule has 1 unspecified atom stereocenters. The van der Waals surface area contributed by atoms with Crippen molar-refractivity contribution in [2.45, 2.75) is 32.0 Å². The highest BCUT2D eigenvalue weighted by Gasteiger charge is 2.35. The van der Waals surface area contributed by atoms with Crippen molar-refractivity contribution in [1.29, 1.82) is 0 Å². The summed E-state index contributed by atoms with van der Waals surface area (Å²) in [6.07, 6.45) is 1.99. The summed E-state index contributed by atoms with van der Waals surface area (Å²) in [5.74, 6) is 1.88. The number of ether oxygens (including phenoxy) is 1. The smallest absolute Gasteiger partial charge is 0.152 e. The largest absolute Gasteiger partial charge is 0.364 e. The second kappa shape index (κ2) is 3.59. The van der Waals surface area contributed by atoms with Gasteiger partial charge in [-0.05, 0) is 26.0 Å². The van der Waals surface area contributed by atoms with Gasteiger partial charge in [-0.25, -0.2) is 0 Å². The Morgan fingerprint density at radius 2 is 2.36 bits per heavy atom. The van der Waals surface area contributed by atoms with Gasteiger partial charge in [0.25, 0.3) is 0 Å². The van der Waals surface area contributed by atoms with E-state index >= 15 is 0 Å². The van der Waals surface area contributed by atoms with Crippen LogP contribution in [0.25, 0.3) is 0 Å². The van der Waals surface area contributed by atoms with Crippen LogP contribution in [0.4, 0.5) is 0 Å². The van der Waals surface area contributed by atoms with Gasteiger partial charge in [-0.1, -0.05) is 0 Å². The summed E-state index contributed by atoms with van der Waals surface area (Å²) >= 11 is 1.79. The van der Waals surface area contributed by atoms with E-state index in [2.05, 4.69) is 0 Å². The number of rotatable bonds is 3. The van der Waals surface area contributed by atoms with E-state index < -0.39 is 5.60 Å². The molecule has 2 nitrogen and oxygen atoms in total. The molecule has 0 aromatic rings. The molecule has 0 radical (unpaired) electrons. The topological polar surface area (TPSA) is 26.3 Å². The van der Waals surface area contributed by atoms with Crippen molar-refractivity contribution in [2.24, 2.45) is 0 Å². The maximum atomic E-state index is 10.7. The zero-order valence-corrected chi connectivity index (χ0v) is 7.82. The molecule has 1 rings (SSSR count). The van der Waals surface area contributed by atoms with E-state index in [4.69, 9.17) is 4.74 Å². The minimum Gasteiger partial charge on any atom is -0.364 e. The van der Waals surface area contributed by atoms with Crippen molar-refractivity contribution in [3.05, 3.63) is 0 Å². The number of hydrogen-bond acceptors (Lipinski definition) is 3. The molecule has 0 aromatic heterocycles. The average molecular weight is 174 g/mol. The molecular weight excluding hydrogens is 160 g/mol. The summed E-state index contributed by atoms with van der Waals surface area (Å²) in [5, 5.41) is 0. The third-order valence-corrected chi connectivity index (χ3v) is 2.89. The maximum absolute atomic E-state index is 10.7. The first-order valence-corrected chi connectivity index (χ1v) is 5.06. The highest BCUT2D eigenvalue weighted by atomic mass is 32.2. The number of hydrogen-bond donors (Lipinski definition) is 0. The lowest BCUT2D eigenvalue weighted by Gasteiger charge is -2.24. The van der Waals surface area contributed by atoms with Crippen LogP contribution >= 0.6 is 11.8 Å². The predicted octanol–water partition coefficient (Wildman–Crippen LogP) is 1.49. The molecule has 0 bridgehead atoms. The van der Waals surface area contributed by atoms with Crippen LogP contribution in [0.15, 0.2) is 0 Å². The quantitative estimate of drug-likeness (QED) is 0.606. The Hall–Kier alpha value is -0.0200. The van der Waals surface area contributed by atoms with Crippen LogP contribution in [0.2, 0.25) is 0 Å². The molecule has 64 valence electrons. The van der Waals surface area contributed by atoms with E-state index in [1.807, 2.05) is 13.8 Å². The molecule has 0 spiro atoms. The van der Waals surface area contributed by atoms with Gasteiger partial charge in [0.1, 0.15) is 5.60 Å². The van der Waals surface area contributed by atoms with Gasteiger partial charge in [0.05, 0.1) is 6.10 Å². The zero-order valence-electron chi connectivity index (χ0n) is 7.00. The third kappa shape index (κ3) is 2.20. The minimum atomic E-state index is -0.459. The lowest BCUT2D eigenvalue weighted by atomic mass is 10.1. The number of carbonyl (C=O) groups excluding carboxylic acids is 1. The number of carbonyl (C=O) groups is 1. The average Bonchev–Trinajstić information content (AvgIpc) is 2.36. The predicted molar refractivity (Wildman–Crippen MR) is 47.0 cm³/mol. The fraction of sp³-hybridized carbons (Fsp3) is 0.875. The first kappa shape index (κ1) is 9.07. The van der Waals surface area contributed by atoms with Gasteiger partial charge in [-0.3, -0.25) is 0 Å². The lowest BCUT2D eigenvalue weighted by Crippen LogP contribution is -2.36. The molecule has 1 saturated heterocycles. The molecule has 3 heteroatoms. The number of aldehydes is 1. The summed E-state index contributed by atoms with van der Waals surface area (Å²) in [5.41, 5.74) is -0.459. The normalized spacial score (nSPS) is 31.2. The first-order valence-electron chi connectivity index (χ1n) is 3.90. The zero-order chi connectivity index (χ0) is 8.32. The van der Waals surface area contributed by atoms with Gasteiger partial charge in [0.15, 0.2) is 6.29 Å². The van der Waals surface area contributed by atoms with Gasteiger partial charge in [0.2, 0.25) is 0 Å². The summed E-state index contributed by atoms with van der Waals surface area (Å²) in [7, 11) is 0. The Morgan fingerprint density at radius 1 is 1.64 bits per heavy atom. The van der Waals surface area contributed by atoms with Crippen LogP contribution in [-0.4, -0.2) is 29.5 Å². The molecular formula is C8H14O2S. The highest BCUT2D eigenvalue weighted by Crippen LogP contribution is 2.30. The molecule has 0 amide bonds. The Kier molecular flexibility index (Phi) is 2.96. The molecule has 0 aromatic carbocycles. The standard InChI is InChI=1S/C8H14O2S/c1-7(2)10-8(5-9)3-4-11-6-8/h5,7H,3-4,6H2,1-2H3. The van der Waals surface area contributed by atoms with Gasteiger partial charge in [-0.2, -0.15) is 11.8 Å². The summed E-state index contributed by atoms with van der Waals surface area (Å²) < 4.78 is 5.56. The van der Waals surface area contributed by atoms with Crippen molar-refractivity contribution < 1.29 is 9.53 Å². The molecule has 1 heterocycles. The van der Waals surface area contributed by atoms with E-state index in [0.29, 0.717) is 0 Å². The summed E-state index contributed by atoms with van der Waals surface area (Å²) in [6.45, 7) is 3.93. The van der Waals surface area contributed by atoms with Gasteiger partial charge >= 0.3 is 0 Å². The van der Waals surface area contributed by atoms with Crippen LogP contribution in [0, 0.1) is 0 Å². The van der Waals surface area contributed by atoms with E-state index in [1.165, 1.54) is 0 Å². The maximum Gasteiger partial charge on any atom is 0.152 e. The first-order chi connectivity index (χ1) is 5.18. The SMILES string of the molecule is CC(C)OC1(C=O)CCSC1. The molecule has 0 aliphatic carbocycles. The fourth-order valence-corrected chi connectivity index (χ4v) is 2.51. The summed E-state index contributed by atoms with van der Waals surface area (Å²) in [6, 6.07) is 0. The van der Waals surface area contributed by atoms with Crippen LogP contribution in [0.1, 0.15) is 20.3 Å². The third-order valence-electron chi connectivity index (χ3n) is 1.70. The molecule has 1 aliphatic rings. The van der Waals surface area contributed by atoms with E-state index in [-0.39, 0.29) is 6.10 Å². The fourth-order valence-electron chi connectivity index (χ4n) is 1.25. The minimum absolute atomic E-state index is 0.152. The van der Waals surface area contributed by atoms with Crippen LogP contribution in [0.3, 0.4) is 0 Å². The van der Waals surface area contributed by atoms with Gasteiger partial charge < -0.3 is 9.53 Å². The van der Waals surface area contributed by atoms with E-state index in [9.17, 15) is 4.79 Å².